The van der Waals surface area contributed by atoms with Crippen LogP contribution in [0.25, 0.3) is 0 Å². The molecule has 2 heterocycles. The molecule has 20 heavy (non-hydrogen) atoms. The number of anilines is 1. The smallest absolute Gasteiger partial charge is 0.272 e. The van der Waals surface area contributed by atoms with E-state index in [0.717, 1.165) is 14.9 Å². The zero-order valence-corrected chi connectivity index (χ0v) is 14.2. The van der Waals surface area contributed by atoms with Crippen molar-refractivity contribution in [2.24, 2.45) is 0 Å². The molecule has 8 heteroatoms. The molecule has 5 nitrogen and oxygen atoms in total. The van der Waals surface area contributed by atoms with Crippen molar-refractivity contribution in [3.05, 3.63) is 39.3 Å². The van der Waals surface area contributed by atoms with E-state index in [-0.39, 0.29) is 4.21 Å². The summed E-state index contributed by atoms with van der Waals surface area (Å²) in [5.41, 5.74) is 0.759. The SMILES string of the molecule is CNCc1ccc(S(=O)(=O)Nc2ncc(Br)cc2C)s1. The normalized spacial score (nSPS) is 11.6. The lowest BCUT2D eigenvalue weighted by atomic mass is 10.3. The Morgan fingerprint density at radius 1 is 1.40 bits per heavy atom. The molecular weight excluding hydrogens is 362 g/mol. The highest BCUT2D eigenvalue weighted by Gasteiger charge is 2.18. The molecule has 108 valence electrons. The quantitative estimate of drug-likeness (QED) is 0.842. The van der Waals surface area contributed by atoms with Crippen molar-refractivity contribution < 1.29 is 8.42 Å². The molecule has 2 aromatic heterocycles. The number of pyridine rings is 1. The molecule has 2 N–H and O–H groups in total. The molecule has 0 aliphatic carbocycles. The van der Waals surface area contributed by atoms with Crippen LogP contribution in [0.4, 0.5) is 5.82 Å². The maximum Gasteiger partial charge on any atom is 0.272 e. The van der Waals surface area contributed by atoms with Crippen molar-refractivity contribution in [3.63, 3.8) is 0 Å². The fourth-order valence-corrected chi connectivity index (χ4v) is 4.49. The van der Waals surface area contributed by atoms with E-state index in [1.807, 2.05) is 13.1 Å². The molecule has 2 rings (SSSR count). The van der Waals surface area contributed by atoms with Crippen LogP contribution in [-0.4, -0.2) is 20.4 Å². The zero-order valence-electron chi connectivity index (χ0n) is 11.0. The Labute approximate surface area is 130 Å². The second-order valence-corrected chi connectivity index (χ2v) is 8.17. The number of halogens is 1. The summed E-state index contributed by atoms with van der Waals surface area (Å²) >= 11 is 4.54. The summed E-state index contributed by atoms with van der Waals surface area (Å²) in [5.74, 6) is 0.344. The molecule has 0 fully saturated rings. The molecule has 0 spiro atoms. The van der Waals surface area contributed by atoms with E-state index in [1.165, 1.54) is 11.3 Å². The number of sulfonamides is 1. The molecular formula is C12H14BrN3O2S2. The molecule has 2 aromatic rings. The maximum atomic E-state index is 12.3. The fraction of sp³-hybridized carbons (Fsp3) is 0.250. The number of nitrogens with one attached hydrogen (secondary N) is 2. The van der Waals surface area contributed by atoms with E-state index in [9.17, 15) is 8.42 Å². The molecule has 0 unspecified atom stereocenters. The minimum atomic E-state index is -3.58. The van der Waals surface area contributed by atoms with Gasteiger partial charge in [0.25, 0.3) is 10.0 Å². The number of hydrogen-bond donors (Lipinski definition) is 2. The highest BCUT2D eigenvalue weighted by Crippen LogP contribution is 2.25. The molecule has 0 radical (unpaired) electrons. The van der Waals surface area contributed by atoms with Crippen LogP contribution in [0.1, 0.15) is 10.4 Å². The van der Waals surface area contributed by atoms with Crippen LogP contribution >= 0.6 is 27.3 Å². The van der Waals surface area contributed by atoms with Crippen LogP contribution in [0, 0.1) is 6.92 Å². The number of hydrogen-bond acceptors (Lipinski definition) is 5. The number of aryl methyl sites for hydroxylation is 1. The number of rotatable bonds is 5. The molecule has 0 aliphatic rings. The summed E-state index contributed by atoms with van der Waals surface area (Å²) in [5, 5.41) is 2.99. The third-order valence-electron chi connectivity index (χ3n) is 2.53. The van der Waals surface area contributed by atoms with Gasteiger partial charge in [-0.15, -0.1) is 11.3 Å². The van der Waals surface area contributed by atoms with Crippen LogP contribution in [-0.2, 0) is 16.6 Å². The van der Waals surface area contributed by atoms with Crippen molar-refractivity contribution in [1.29, 1.82) is 0 Å². The van der Waals surface area contributed by atoms with Crippen molar-refractivity contribution in [2.45, 2.75) is 17.7 Å². The van der Waals surface area contributed by atoms with E-state index in [4.69, 9.17) is 0 Å². The molecule has 0 aromatic carbocycles. The van der Waals surface area contributed by atoms with Gasteiger partial charge in [-0.3, -0.25) is 4.72 Å². The number of thiophene rings is 1. The molecule has 0 atom stereocenters. The Kier molecular flexibility index (Phi) is 4.79. The first-order valence-electron chi connectivity index (χ1n) is 5.80. The second-order valence-electron chi connectivity index (χ2n) is 4.18. The van der Waals surface area contributed by atoms with Gasteiger partial charge in [0.2, 0.25) is 0 Å². The Balaban J connectivity index is 2.26. The zero-order chi connectivity index (χ0) is 14.8. The number of nitrogens with zero attached hydrogens (tertiary/aromatic N) is 1. The predicted molar refractivity (Wildman–Crippen MR) is 84.6 cm³/mol. The minimum Gasteiger partial charge on any atom is -0.315 e. The highest BCUT2D eigenvalue weighted by atomic mass is 79.9. The van der Waals surface area contributed by atoms with E-state index in [0.29, 0.717) is 12.4 Å². The van der Waals surface area contributed by atoms with Gasteiger partial charge < -0.3 is 5.32 Å². The van der Waals surface area contributed by atoms with Crippen LogP contribution in [0.15, 0.2) is 33.1 Å². The van der Waals surface area contributed by atoms with Crippen molar-refractivity contribution in [1.82, 2.24) is 10.3 Å². The molecule has 0 amide bonds. The van der Waals surface area contributed by atoms with Gasteiger partial charge >= 0.3 is 0 Å². The van der Waals surface area contributed by atoms with E-state index >= 15 is 0 Å². The largest absolute Gasteiger partial charge is 0.315 e. The Morgan fingerprint density at radius 2 is 2.15 bits per heavy atom. The molecule has 0 aliphatic heterocycles. The summed E-state index contributed by atoms with van der Waals surface area (Å²) in [6.45, 7) is 2.45. The van der Waals surface area contributed by atoms with Crippen molar-refractivity contribution >= 4 is 43.1 Å². The minimum absolute atomic E-state index is 0.284. The summed E-state index contributed by atoms with van der Waals surface area (Å²) in [4.78, 5) is 5.05. The Bertz CT molecular complexity index is 713. The van der Waals surface area contributed by atoms with Crippen LogP contribution < -0.4 is 10.0 Å². The van der Waals surface area contributed by atoms with Crippen LogP contribution in [0.2, 0.25) is 0 Å². The first kappa shape index (κ1) is 15.4. The van der Waals surface area contributed by atoms with Crippen LogP contribution in [0.3, 0.4) is 0 Å². The third kappa shape index (κ3) is 3.57. The molecule has 0 saturated carbocycles. The van der Waals surface area contributed by atoms with Gasteiger partial charge in [-0.05, 0) is 53.7 Å². The fourth-order valence-electron chi connectivity index (χ4n) is 1.60. The molecule has 0 bridgehead atoms. The third-order valence-corrected chi connectivity index (χ3v) is 5.88. The first-order chi connectivity index (χ1) is 9.42. The first-order valence-corrected chi connectivity index (χ1v) is 8.90. The van der Waals surface area contributed by atoms with Gasteiger partial charge in [0, 0.05) is 22.1 Å². The maximum absolute atomic E-state index is 12.3. The highest BCUT2D eigenvalue weighted by molar-refractivity contribution is 9.10. The second kappa shape index (κ2) is 6.21. The summed E-state index contributed by atoms with van der Waals surface area (Å²) in [7, 11) is -1.76. The summed E-state index contributed by atoms with van der Waals surface area (Å²) in [6.07, 6.45) is 1.56. The van der Waals surface area contributed by atoms with Gasteiger partial charge in [0.1, 0.15) is 10.0 Å². The van der Waals surface area contributed by atoms with Gasteiger partial charge in [-0.25, -0.2) is 13.4 Å². The summed E-state index contributed by atoms with van der Waals surface area (Å²) in [6, 6.07) is 5.22. The average molecular weight is 376 g/mol. The Hall–Kier alpha value is -0.960. The Morgan fingerprint density at radius 3 is 2.80 bits per heavy atom. The standard InChI is InChI=1S/C12H14BrN3O2S2/c1-8-5-9(13)6-15-12(8)16-20(17,18)11-4-3-10(19-11)7-14-2/h3-6,14H,7H2,1-2H3,(H,15,16). The monoisotopic (exact) mass is 375 g/mol. The molecule has 0 saturated heterocycles. The average Bonchev–Trinajstić information content (AvgIpc) is 2.83. The van der Waals surface area contributed by atoms with Crippen LogP contribution in [0.5, 0.6) is 0 Å². The lowest BCUT2D eigenvalue weighted by molar-refractivity contribution is 0.603. The lowest BCUT2D eigenvalue weighted by Crippen LogP contribution is -2.13. The number of aromatic nitrogens is 1. The van der Waals surface area contributed by atoms with Gasteiger partial charge in [0.15, 0.2) is 0 Å². The van der Waals surface area contributed by atoms with Gasteiger partial charge in [0.05, 0.1) is 0 Å². The predicted octanol–water partition coefficient (Wildman–Crippen LogP) is 2.73. The topological polar surface area (TPSA) is 71.1 Å². The van der Waals surface area contributed by atoms with E-state index in [1.54, 1.807) is 25.3 Å². The van der Waals surface area contributed by atoms with Gasteiger partial charge in [-0.2, -0.15) is 0 Å². The van der Waals surface area contributed by atoms with Gasteiger partial charge in [-0.1, -0.05) is 0 Å². The van der Waals surface area contributed by atoms with E-state index < -0.39 is 10.0 Å². The van der Waals surface area contributed by atoms with Crippen molar-refractivity contribution in [2.75, 3.05) is 11.8 Å². The van der Waals surface area contributed by atoms with E-state index in [2.05, 4.69) is 31.0 Å². The van der Waals surface area contributed by atoms with Crippen molar-refractivity contribution in [3.8, 4) is 0 Å². The lowest BCUT2D eigenvalue weighted by Gasteiger charge is -2.08. The summed E-state index contributed by atoms with van der Waals surface area (Å²) < 4.78 is 28.2.